The molecule has 0 radical (unpaired) electrons. The molecule has 156 valence electrons. The quantitative estimate of drug-likeness (QED) is 0.709. The van der Waals surface area contributed by atoms with Crippen LogP contribution in [0.2, 0.25) is 0 Å². The topological polar surface area (TPSA) is 59.6 Å². The zero-order chi connectivity index (χ0) is 20.8. The summed E-state index contributed by atoms with van der Waals surface area (Å²) in [4.78, 5) is 14.4. The third-order valence-corrected chi connectivity index (χ3v) is 7.99. The molecule has 0 bridgehead atoms. The van der Waals surface area contributed by atoms with E-state index in [4.69, 9.17) is 9.47 Å². The molecule has 2 heterocycles. The second kappa shape index (κ2) is 7.56. The van der Waals surface area contributed by atoms with Crippen molar-refractivity contribution < 1.29 is 14.3 Å². The Bertz CT molecular complexity index is 934. The van der Waals surface area contributed by atoms with Crippen molar-refractivity contribution in [2.75, 3.05) is 19.5 Å². The Balaban J connectivity index is 1.66. The maximum absolute atomic E-state index is 13.1. The maximum atomic E-state index is 13.1. The lowest BCUT2D eigenvalue weighted by molar-refractivity contribution is 0.0934. The van der Waals surface area contributed by atoms with Gasteiger partial charge in [0.1, 0.15) is 11.2 Å². The number of amides is 1. The number of anilines is 1. The van der Waals surface area contributed by atoms with E-state index in [9.17, 15) is 4.79 Å². The molecule has 0 fully saturated rings. The van der Waals surface area contributed by atoms with Crippen molar-refractivity contribution >= 4 is 22.2 Å². The third-order valence-electron chi connectivity index (χ3n) is 6.80. The van der Waals surface area contributed by atoms with Crippen molar-refractivity contribution in [1.29, 1.82) is 0 Å². The van der Waals surface area contributed by atoms with Crippen LogP contribution in [0, 0.1) is 11.3 Å². The van der Waals surface area contributed by atoms with Crippen LogP contribution in [0.3, 0.4) is 0 Å². The standard InChI is InChI=1S/C23H30N2O3S/c1-6-23(2,3)13-10-11-14-17(12-13)29-22-18(14)21(26)24-20(25-22)15-8-7-9-16(27-4)19(15)28-5/h7-9,13,20,25H,6,10-12H2,1-5H3,(H,24,26)/t13-,20-/m1/s1. The van der Waals surface area contributed by atoms with E-state index in [1.165, 1.54) is 16.9 Å². The molecule has 0 saturated carbocycles. The molecule has 2 N–H and O–H groups in total. The number of carbonyl (C=O) groups is 1. The Hall–Kier alpha value is -2.21. The van der Waals surface area contributed by atoms with Gasteiger partial charge in [-0.2, -0.15) is 0 Å². The van der Waals surface area contributed by atoms with Crippen LogP contribution in [0.15, 0.2) is 18.2 Å². The van der Waals surface area contributed by atoms with Gasteiger partial charge in [0.25, 0.3) is 5.91 Å². The Kier molecular flexibility index (Phi) is 5.23. The zero-order valence-electron chi connectivity index (χ0n) is 17.8. The summed E-state index contributed by atoms with van der Waals surface area (Å²) in [5.74, 6) is 1.96. The fourth-order valence-electron chi connectivity index (χ4n) is 4.55. The number of nitrogens with one attached hydrogen (secondary N) is 2. The summed E-state index contributed by atoms with van der Waals surface area (Å²) < 4.78 is 11.0. The van der Waals surface area contributed by atoms with E-state index >= 15 is 0 Å². The molecule has 0 spiro atoms. The number of ether oxygens (including phenoxy) is 2. The predicted octanol–water partition coefficient (Wildman–Crippen LogP) is 5.16. The number of hydrogen-bond donors (Lipinski definition) is 2. The minimum absolute atomic E-state index is 0.000625. The molecule has 2 aliphatic rings. The van der Waals surface area contributed by atoms with Gasteiger partial charge in [0.05, 0.1) is 19.8 Å². The second-order valence-electron chi connectivity index (χ2n) is 8.62. The van der Waals surface area contributed by atoms with E-state index in [1.54, 1.807) is 25.6 Å². The van der Waals surface area contributed by atoms with E-state index in [1.807, 2.05) is 18.2 Å². The van der Waals surface area contributed by atoms with Crippen molar-refractivity contribution in [2.24, 2.45) is 11.3 Å². The lowest BCUT2D eigenvalue weighted by Crippen LogP contribution is -2.38. The molecular formula is C23H30N2O3S. The number of rotatable bonds is 5. The van der Waals surface area contributed by atoms with Crippen molar-refractivity contribution in [3.63, 3.8) is 0 Å². The first kappa shape index (κ1) is 20.1. The first-order chi connectivity index (χ1) is 13.9. The highest BCUT2D eigenvalue weighted by Gasteiger charge is 2.38. The Morgan fingerprint density at radius 3 is 2.69 bits per heavy atom. The van der Waals surface area contributed by atoms with Crippen LogP contribution < -0.4 is 20.1 Å². The minimum Gasteiger partial charge on any atom is -0.493 e. The lowest BCUT2D eigenvalue weighted by atomic mass is 9.69. The number of para-hydroxylation sites is 1. The monoisotopic (exact) mass is 414 g/mol. The SMILES string of the molecule is CCC(C)(C)[C@@H]1CCc2c(sc3c2C(=O)N[C@@H](c2cccc(OC)c2OC)N3)C1. The molecule has 4 rings (SSSR count). The summed E-state index contributed by atoms with van der Waals surface area (Å²) in [6.07, 6.45) is 4.03. The van der Waals surface area contributed by atoms with E-state index in [0.717, 1.165) is 35.4 Å². The normalized spacial score (nSPS) is 20.9. The summed E-state index contributed by atoms with van der Waals surface area (Å²) in [5, 5.41) is 7.65. The molecule has 0 unspecified atom stereocenters. The molecular weight excluding hydrogens is 384 g/mol. The van der Waals surface area contributed by atoms with Crippen LogP contribution in [-0.2, 0) is 12.8 Å². The van der Waals surface area contributed by atoms with Crippen LogP contribution >= 0.6 is 11.3 Å². The fraction of sp³-hybridized carbons (Fsp3) is 0.522. The highest BCUT2D eigenvalue weighted by molar-refractivity contribution is 7.16. The average molecular weight is 415 g/mol. The van der Waals surface area contributed by atoms with Gasteiger partial charge < -0.3 is 20.1 Å². The molecule has 5 nitrogen and oxygen atoms in total. The van der Waals surface area contributed by atoms with Gasteiger partial charge in [-0.3, -0.25) is 4.79 Å². The first-order valence-corrected chi connectivity index (χ1v) is 11.1. The van der Waals surface area contributed by atoms with Gasteiger partial charge in [-0.05, 0) is 42.2 Å². The van der Waals surface area contributed by atoms with Gasteiger partial charge in [0.2, 0.25) is 0 Å². The largest absolute Gasteiger partial charge is 0.493 e. The van der Waals surface area contributed by atoms with Crippen molar-refractivity contribution in [2.45, 2.75) is 52.6 Å². The Morgan fingerprint density at radius 2 is 2.00 bits per heavy atom. The van der Waals surface area contributed by atoms with E-state index in [-0.39, 0.29) is 12.1 Å². The summed E-state index contributed by atoms with van der Waals surface area (Å²) >= 11 is 1.75. The van der Waals surface area contributed by atoms with Gasteiger partial charge in [-0.1, -0.05) is 39.3 Å². The number of methoxy groups -OCH3 is 2. The molecule has 0 saturated heterocycles. The van der Waals surface area contributed by atoms with Crippen LogP contribution in [0.1, 0.15) is 66.1 Å². The molecule has 1 aliphatic carbocycles. The second-order valence-corrected chi connectivity index (χ2v) is 9.73. The first-order valence-electron chi connectivity index (χ1n) is 10.3. The Labute approximate surface area is 176 Å². The van der Waals surface area contributed by atoms with Gasteiger partial charge in [-0.25, -0.2) is 0 Å². The van der Waals surface area contributed by atoms with Crippen LogP contribution in [0.25, 0.3) is 0 Å². The summed E-state index contributed by atoms with van der Waals surface area (Å²) in [7, 11) is 3.24. The highest BCUT2D eigenvalue weighted by atomic mass is 32.1. The van der Waals surface area contributed by atoms with Crippen molar-refractivity contribution in [3.05, 3.63) is 39.8 Å². The molecule has 29 heavy (non-hydrogen) atoms. The number of hydrogen-bond acceptors (Lipinski definition) is 5. The zero-order valence-corrected chi connectivity index (χ0v) is 18.7. The van der Waals surface area contributed by atoms with Gasteiger partial charge in [-0.15, -0.1) is 11.3 Å². The number of carbonyl (C=O) groups excluding carboxylic acids is 1. The molecule has 1 amide bonds. The van der Waals surface area contributed by atoms with E-state index in [0.29, 0.717) is 22.8 Å². The van der Waals surface area contributed by atoms with Gasteiger partial charge in [0, 0.05) is 10.4 Å². The number of thiophene rings is 1. The number of fused-ring (bicyclic) bond motifs is 3. The smallest absolute Gasteiger partial charge is 0.256 e. The summed E-state index contributed by atoms with van der Waals surface area (Å²) in [6, 6.07) is 5.73. The van der Waals surface area contributed by atoms with Crippen LogP contribution in [-0.4, -0.2) is 20.1 Å². The molecule has 1 aliphatic heterocycles. The molecule has 2 aromatic rings. The van der Waals surface area contributed by atoms with Gasteiger partial charge in [0.15, 0.2) is 11.5 Å². The third kappa shape index (κ3) is 3.37. The van der Waals surface area contributed by atoms with E-state index in [2.05, 4.69) is 31.4 Å². The lowest BCUT2D eigenvalue weighted by Gasteiger charge is -2.36. The molecule has 1 aromatic heterocycles. The maximum Gasteiger partial charge on any atom is 0.256 e. The molecule has 2 atom stereocenters. The van der Waals surface area contributed by atoms with Gasteiger partial charge >= 0.3 is 0 Å². The number of benzene rings is 1. The molecule has 1 aromatic carbocycles. The van der Waals surface area contributed by atoms with Crippen molar-refractivity contribution in [3.8, 4) is 11.5 Å². The average Bonchev–Trinajstić information content (AvgIpc) is 3.11. The highest BCUT2D eigenvalue weighted by Crippen LogP contribution is 2.47. The summed E-state index contributed by atoms with van der Waals surface area (Å²) in [5.41, 5.74) is 3.28. The van der Waals surface area contributed by atoms with Crippen molar-refractivity contribution in [1.82, 2.24) is 5.32 Å². The summed E-state index contributed by atoms with van der Waals surface area (Å²) in [6.45, 7) is 7.01. The minimum atomic E-state index is -0.344. The fourth-order valence-corrected chi connectivity index (χ4v) is 5.90. The molecule has 6 heteroatoms. The van der Waals surface area contributed by atoms with E-state index < -0.39 is 0 Å². The van der Waals surface area contributed by atoms with Crippen LogP contribution in [0.4, 0.5) is 5.00 Å². The van der Waals surface area contributed by atoms with Crippen LogP contribution in [0.5, 0.6) is 11.5 Å². The predicted molar refractivity (Wildman–Crippen MR) is 117 cm³/mol. The Morgan fingerprint density at radius 1 is 1.21 bits per heavy atom.